The SMILES string of the molecule is CC(Nc1ccc2ncc([N+](=O)[O-])n2n1)C1CN(C)CCO1. The number of hydrogen-bond donors (Lipinski definition) is 1. The monoisotopic (exact) mass is 306 g/mol. The molecule has 0 amide bonds. The standard InChI is InChI=1S/C13H18N6O3/c1-9(10-8-17(2)5-6-22-10)15-11-3-4-12-14-7-13(19(20)21)18(12)16-11/h3-4,7,9-10H,5-6,8H2,1-2H3,(H,15,16). The number of anilines is 1. The molecule has 1 fully saturated rings. The highest BCUT2D eigenvalue weighted by Gasteiger charge is 2.24. The highest BCUT2D eigenvalue weighted by molar-refractivity contribution is 5.48. The Morgan fingerprint density at radius 1 is 1.55 bits per heavy atom. The van der Waals surface area contributed by atoms with Gasteiger partial charge in [-0.05, 0) is 25.0 Å². The molecule has 2 aromatic rings. The summed E-state index contributed by atoms with van der Waals surface area (Å²) in [7, 11) is 2.06. The number of nitrogens with zero attached hydrogens (tertiary/aromatic N) is 5. The molecule has 0 saturated carbocycles. The third-order valence-electron chi connectivity index (χ3n) is 3.76. The van der Waals surface area contributed by atoms with E-state index in [9.17, 15) is 10.1 Å². The van der Waals surface area contributed by atoms with Crippen molar-refractivity contribution in [3.63, 3.8) is 0 Å². The van der Waals surface area contributed by atoms with Crippen LogP contribution in [0.15, 0.2) is 18.3 Å². The number of nitro groups is 1. The van der Waals surface area contributed by atoms with Crippen LogP contribution in [-0.4, -0.2) is 63.3 Å². The van der Waals surface area contributed by atoms with Crippen molar-refractivity contribution in [2.75, 3.05) is 32.1 Å². The molecule has 9 heteroatoms. The predicted octanol–water partition coefficient (Wildman–Crippen LogP) is 0.768. The van der Waals surface area contributed by atoms with E-state index in [1.54, 1.807) is 12.1 Å². The Morgan fingerprint density at radius 3 is 3.09 bits per heavy atom. The normalized spacial score (nSPS) is 20.9. The summed E-state index contributed by atoms with van der Waals surface area (Å²) >= 11 is 0. The summed E-state index contributed by atoms with van der Waals surface area (Å²) < 4.78 is 6.98. The largest absolute Gasteiger partial charge is 0.373 e. The van der Waals surface area contributed by atoms with E-state index in [0.29, 0.717) is 18.1 Å². The Balaban J connectivity index is 1.78. The molecule has 1 aliphatic rings. The quantitative estimate of drug-likeness (QED) is 0.658. The van der Waals surface area contributed by atoms with Gasteiger partial charge in [0.15, 0.2) is 5.82 Å². The van der Waals surface area contributed by atoms with E-state index in [1.807, 2.05) is 6.92 Å². The summed E-state index contributed by atoms with van der Waals surface area (Å²) in [5.41, 5.74) is 0.443. The van der Waals surface area contributed by atoms with Gasteiger partial charge in [0.2, 0.25) is 5.65 Å². The lowest BCUT2D eigenvalue weighted by Crippen LogP contribution is -2.47. The number of likely N-dealkylation sites (N-methyl/N-ethyl adjacent to an activating group) is 1. The van der Waals surface area contributed by atoms with Crippen LogP contribution in [0.5, 0.6) is 0 Å². The smallest absolute Gasteiger partial charge is 0.368 e. The summed E-state index contributed by atoms with van der Waals surface area (Å²) in [6.07, 6.45) is 1.25. The highest BCUT2D eigenvalue weighted by Crippen LogP contribution is 2.16. The molecule has 22 heavy (non-hydrogen) atoms. The van der Waals surface area contributed by atoms with Crippen molar-refractivity contribution in [3.05, 3.63) is 28.4 Å². The van der Waals surface area contributed by atoms with Gasteiger partial charge in [0, 0.05) is 19.2 Å². The van der Waals surface area contributed by atoms with Gasteiger partial charge in [-0.3, -0.25) is 0 Å². The molecule has 1 saturated heterocycles. The summed E-state index contributed by atoms with van der Waals surface area (Å²) in [6.45, 7) is 4.47. The van der Waals surface area contributed by atoms with Crippen molar-refractivity contribution < 1.29 is 9.66 Å². The Kier molecular flexibility index (Phi) is 3.90. The van der Waals surface area contributed by atoms with Crippen LogP contribution in [0.3, 0.4) is 0 Å². The van der Waals surface area contributed by atoms with Crippen LogP contribution in [0, 0.1) is 10.1 Å². The number of morpholine rings is 1. The Labute approximate surface area is 127 Å². The molecule has 2 unspecified atom stereocenters. The van der Waals surface area contributed by atoms with Crippen LogP contribution in [0.1, 0.15) is 6.92 Å². The first-order valence-corrected chi connectivity index (χ1v) is 7.10. The number of rotatable bonds is 4. The molecule has 3 heterocycles. The average Bonchev–Trinajstić information content (AvgIpc) is 2.90. The van der Waals surface area contributed by atoms with Gasteiger partial charge in [0.1, 0.15) is 6.20 Å². The summed E-state index contributed by atoms with van der Waals surface area (Å²) in [6, 6.07) is 3.49. The lowest BCUT2D eigenvalue weighted by Gasteiger charge is -2.34. The molecule has 9 nitrogen and oxygen atoms in total. The number of ether oxygens (including phenoxy) is 1. The molecular weight excluding hydrogens is 288 g/mol. The fourth-order valence-electron chi connectivity index (χ4n) is 2.50. The average molecular weight is 306 g/mol. The number of imidazole rings is 1. The molecule has 1 aliphatic heterocycles. The lowest BCUT2D eigenvalue weighted by atomic mass is 10.1. The molecule has 2 atom stereocenters. The van der Waals surface area contributed by atoms with Gasteiger partial charge in [-0.1, -0.05) is 9.61 Å². The van der Waals surface area contributed by atoms with E-state index in [4.69, 9.17) is 4.74 Å². The molecular formula is C13H18N6O3. The summed E-state index contributed by atoms with van der Waals surface area (Å²) in [5, 5.41) is 18.4. The van der Waals surface area contributed by atoms with Crippen LogP contribution in [0.25, 0.3) is 5.65 Å². The van der Waals surface area contributed by atoms with E-state index in [2.05, 4.69) is 27.3 Å². The van der Waals surface area contributed by atoms with Gasteiger partial charge < -0.3 is 25.1 Å². The molecule has 3 rings (SSSR count). The van der Waals surface area contributed by atoms with Gasteiger partial charge in [-0.2, -0.15) is 0 Å². The van der Waals surface area contributed by atoms with Crippen LogP contribution in [-0.2, 0) is 4.74 Å². The fourth-order valence-corrected chi connectivity index (χ4v) is 2.50. The van der Waals surface area contributed by atoms with Crippen molar-refractivity contribution in [2.24, 2.45) is 0 Å². The van der Waals surface area contributed by atoms with E-state index in [0.717, 1.165) is 13.1 Å². The topological polar surface area (TPSA) is 97.8 Å². The minimum absolute atomic E-state index is 0.0373. The van der Waals surface area contributed by atoms with E-state index < -0.39 is 4.92 Å². The first-order valence-electron chi connectivity index (χ1n) is 7.10. The molecule has 118 valence electrons. The third kappa shape index (κ3) is 2.85. The Morgan fingerprint density at radius 2 is 2.36 bits per heavy atom. The molecule has 0 spiro atoms. The first-order chi connectivity index (χ1) is 10.5. The molecule has 1 N–H and O–H groups in total. The number of aromatic nitrogens is 3. The second-order valence-electron chi connectivity index (χ2n) is 5.47. The predicted molar refractivity (Wildman–Crippen MR) is 80.0 cm³/mol. The third-order valence-corrected chi connectivity index (χ3v) is 3.76. The zero-order valence-corrected chi connectivity index (χ0v) is 12.5. The van der Waals surface area contributed by atoms with Crippen LogP contribution < -0.4 is 5.32 Å². The van der Waals surface area contributed by atoms with Crippen molar-refractivity contribution in [3.8, 4) is 0 Å². The Bertz CT molecular complexity index is 687. The maximum atomic E-state index is 11.0. The van der Waals surface area contributed by atoms with Gasteiger partial charge in [-0.15, -0.1) is 0 Å². The number of nitrogens with one attached hydrogen (secondary N) is 1. The maximum absolute atomic E-state index is 11.0. The second kappa shape index (κ2) is 5.85. The molecule has 0 aliphatic carbocycles. The maximum Gasteiger partial charge on any atom is 0.368 e. The van der Waals surface area contributed by atoms with Crippen LogP contribution >= 0.6 is 0 Å². The summed E-state index contributed by atoms with van der Waals surface area (Å²) in [4.78, 5) is 16.6. The number of fused-ring (bicyclic) bond motifs is 1. The van der Waals surface area contributed by atoms with Crippen molar-refractivity contribution >= 4 is 17.3 Å². The van der Waals surface area contributed by atoms with Crippen molar-refractivity contribution in [1.82, 2.24) is 19.5 Å². The van der Waals surface area contributed by atoms with E-state index >= 15 is 0 Å². The van der Waals surface area contributed by atoms with Gasteiger partial charge in [0.25, 0.3) is 0 Å². The lowest BCUT2D eigenvalue weighted by molar-refractivity contribution is -0.391. The molecule has 0 bridgehead atoms. The molecule has 0 aromatic carbocycles. The van der Waals surface area contributed by atoms with E-state index in [1.165, 1.54) is 10.7 Å². The zero-order chi connectivity index (χ0) is 15.7. The fraction of sp³-hybridized carbons (Fsp3) is 0.538. The minimum atomic E-state index is -0.501. The van der Waals surface area contributed by atoms with Crippen LogP contribution in [0.2, 0.25) is 0 Å². The molecule has 2 aromatic heterocycles. The van der Waals surface area contributed by atoms with Crippen molar-refractivity contribution in [2.45, 2.75) is 19.1 Å². The van der Waals surface area contributed by atoms with Gasteiger partial charge in [-0.25, -0.2) is 4.98 Å². The van der Waals surface area contributed by atoms with Gasteiger partial charge in [0.05, 0.1) is 18.8 Å². The minimum Gasteiger partial charge on any atom is -0.373 e. The first kappa shape index (κ1) is 14.7. The van der Waals surface area contributed by atoms with Crippen LogP contribution in [0.4, 0.5) is 11.6 Å². The zero-order valence-electron chi connectivity index (χ0n) is 12.5. The van der Waals surface area contributed by atoms with E-state index in [-0.39, 0.29) is 18.0 Å². The highest BCUT2D eigenvalue weighted by atomic mass is 16.6. The molecule has 0 radical (unpaired) electrons. The number of hydrogen-bond acceptors (Lipinski definition) is 7. The van der Waals surface area contributed by atoms with Crippen molar-refractivity contribution in [1.29, 1.82) is 0 Å². The Hall–Kier alpha value is -2.26. The second-order valence-corrected chi connectivity index (χ2v) is 5.47. The summed E-state index contributed by atoms with van der Waals surface area (Å²) in [5.74, 6) is 0.401. The van der Waals surface area contributed by atoms with Gasteiger partial charge >= 0.3 is 5.82 Å².